The molecule has 4 aliphatic carbocycles. The lowest BCUT2D eigenvalue weighted by Crippen LogP contribution is -2.50. The Hall–Kier alpha value is -3.25. The topological polar surface area (TPSA) is 80.3 Å². The number of benzene rings is 1. The zero-order chi connectivity index (χ0) is 29.3. The molecule has 7 unspecified atom stereocenters. The van der Waals surface area contributed by atoms with Crippen LogP contribution in [0, 0.1) is 28.6 Å². The molecule has 0 saturated heterocycles. The highest BCUT2D eigenvalue weighted by Crippen LogP contribution is 2.66. The van der Waals surface area contributed by atoms with E-state index in [-0.39, 0.29) is 47.9 Å². The molecule has 0 aliphatic heterocycles. The predicted molar refractivity (Wildman–Crippen MR) is 165 cm³/mol. The summed E-state index contributed by atoms with van der Waals surface area (Å²) < 4.78 is 5.89. The van der Waals surface area contributed by atoms with E-state index in [2.05, 4.69) is 53.7 Å². The lowest BCUT2D eigenvalue weighted by atomic mass is 9.47. The second kappa shape index (κ2) is 11.8. The monoisotopic (exact) mass is 567 g/mol. The molecule has 4 aliphatic rings. The van der Waals surface area contributed by atoms with Crippen molar-refractivity contribution in [1.29, 1.82) is 0 Å². The third-order valence-corrected chi connectivity index (χ3v) is 11.2. The maximum absolute atomic E-state index is 12.7. The smallest absolute Gasteiger partial charge is 0.325 e. The fraction of sp³-hybridized carbons (Fsp3) is 0.528. The van der Waals surface area contributed by atoms with Crippen LogP contribution in [0.15, 0.2) is 72.6 Å². The van der Waals surface area contributed by atoms with Gasteiger partial charge in [-0.05, 0) is 96.8 Å². The third-order valence-electron chi connectivity index (χ3n) is 11.2. The van der Waals surface area contributed by atoms with Gasteiger partial charge in [0, 0.05) is 24.9 Å². The maximum Gasteiger partial charge on any atom is 0.325 e. The number of fused-ring (bicyclic) bond motifs is 5. The highest BCUT2D eigenvalue weighted by atomic mass is 16.5. The van der Waals surface area contributed by atoms with Gasteiger partial charge in [0.15, 0.2) is 0 Å². The molecule has 2 saturated carbocycles. The molecule has 2 aromatic rings. The van der Waals surface area contributed by atoms with Gasteiger partial charge in [0.2, 0.25) is 5.91 Å². The summed E-state index contributed by atoms with van der Waals surface area (Å²) in [5.74, 6) is 1.49. The Bertz CT molecular complexity index is 1360. The molecule has 2 N–H and O–H groups in total. The number of nitrogens with one attached hydrogen (secondary N) is 2. The summed E-state index contributed by atoms with van der Waals surface area (Å²) >= 11 is 0. The van der Waals surface area contributed by atoms with E-state index in [1.54, 1.807) is 0 Å². The average Bonchev–Trinajstić information content (AvgIpc) is 3.37. The highest BCUT2D eigenvalue weighted by molar-refractivity contribution is 5.83. The minimum Gasteiger partial charge on any atom is -0.461 e. The van der Waals surface area contributed by atoms with Gasteiger partial charge in [-0.15, -0.1) is 0 Å². The van der Waals surface area contributed by atoms with Crippen molar-refractivity contribution in [3.05, 3.63) is 83.7 Å². The molecule has 1 aromatic carbocycles. The van der Waals surface area contributed by atoms with Gasteiger partial charge in [-0.3, -0.25) is 14.6 Å². The number of rotatable bonds is 8. The van der Waals surface area contributed by atoms with Crippen LogP contribution >= 0.6 is 0 Å². The molecule has 6 rings (SSSR count). The largest absolute Gasteiger partial charge is 0.461 e. The normalized spacial score (nSPS) is 32.4. The van der Waals surface area contributed by atoms with Crippen LogP contribution in [0.5, 0.6) is 0 Å². The number of hydrogen-bond acceptors (Lipinski definition) is 5. The summed E-state index contributed by atoms with van der Waals surface area (Å²) in [6.07, 6.45) is 16.3. The van der Waals surface area contributed by atoms with Crippen molar-refractivity contribution >= 4 is 17.4 Å². The molecule has 2 fully saturated rings. The first-order valence-electron chi connectivity index (χ1n) is 15.8. The van der Waals surface area contributed by atoms with Crippen molar-refractivity contribution in [2.75, 3.05) is 13.1 Å². The van der Waals surface area contributed by atoms with Gasteiger partial charge in [0.25, 0.3) is 0 Å². The van der Waals surface area contributed by atoms with E-state index < -0.39 is 0 Å². The number of esters is 1. The first kappa shape index (κ1) is 28.9. The van der Waals surface area contributed by atoms with Gasteiger partial charge in [-0.1, -0.05) is 68.0 Å². The van der Waals surface area contributed by atoms with Crippen LogP contribution in [0.2, 0.25) is 0 Å². The van der Waals surface area contributed by atoms with Gasteiger partial charge in [-0.2, -0.15) is 0 Å². The number of amides is 1. The molecule has 222 valence electrons. The number of allylic oxidation sites excluding steroid dienone is 3. The number of nitrogens with zero attached hydrogens (tertiary/aromatic N) is 1. The van der Waals surface area contributed by atoms with Crippen LogP contribution in [-0.4, -0.2) is 36.1 Å². The fourth-order valence-corrected chi connectivity index (χ4v) is 8.83. The quantitative estimate of drug-likeness (QED) is 0.284. The second-order valence-electron chi connectivity index (χ2n) is 13.5. The Kier molecular flexibility index (Phi) is 8.10. The molecular weight excluding hydrogens is 522 g/mol. The van der Waals surface area contributed by atoms with Crippen LogP contribution < -0.4 is 10.6 Å². The Morgan fingerprint density at radius 1 is 0.976 bits per heavy atom. The molecular formula is C36H45N3O3. The summed E-state index contributed by atoms with van der Waals surface area (Å²) in [4.78, 5) is 29.4. The van der Waals surface area contributed by atoms with E-state index in [0.29, 0.717) is 17.8 Å². The summed E-state index contributed by atoms with van der Waals surface area (Å²) in [6, 6.07) is 14.3. The van der Waals surface area contributed by atoms with Crippen molar-refractivity contribution in [2.24, 2.45) is 28.6 Å². The number of hydrogen-bond donors (Lipinski definition) is 2. The van der Waals surface area contributed by atoms with E-state index in [1.165, 1.54) is 29.6 Å². The number of ether oxygens (including phenoxy) is 1. The van der Waals surface area contributed by atoms with Crippen molar-refractivity contribution in [1.82, 2.24) is 15.6 Å². The lowest BCUT2D eigenvalue weighted by Gasteiger charge is -2.57. The number of carbonyl (C=O) groups excluding carboxylic acids is 2. The SMILES string of the molecule is CC(NCC(=O)NCC(=O)OC1CCC2(C)C(=CCC3C2CCC2(C)C(c4cccnc4)=CCC32)C1)c1ccccc1. The molecule has 42 heavy (non-hydrogen) atoms. The zero-order valence-corrected chi connectivity index (χ0v) is 25.3. The van der Waals surface area contributed by atoms with Crippen molar-refractivity contribution < 1.29 is 14.3 Å². The Balaban J connectivity index is 1.01. The van der Waals surface area contributed by atoms with Crippen molar-refractivity contribution in [3.8, 4) is 0 Å². The van der Waals surface area contributed by atoms with E-state index in [0.717, 1.165) is 37.7 Å². The van der Waals surface area contributed by atoms with Crippen LogP contribution in [0.4, 0.5) is 0 Å². The molecule has 0 bridgehead atoms. The number of aromatic nitrogens is 1. The van der Waals surface area contributed by atoms with Gasteiger partial charge >= 0.3 is 5.97 Å². The molecule has 1 amide bonds. The van der Waals surface area contributed by atoms with Crippen molar-refractivity contribution in [2.45, 2.75) is 77.9 Å². The Morgan fingerprint density at radius 2 is 1.79 bits per heavy atom. The minimum absolute atomic E-state index is 0.0508. The Morgan fingerprint density at radius 3 is 2.57 bits per heavy atom. The number of pyridine rings is 1. The van der Waals surface area contributed by atoms with Crippen LogP contribution in [0.1, 0.15) is 82.9 Å². The minimum atomic E-state index is -0.351. The number of carbonyl (C=O) groups is 2. The van der Waals surface area contributed by atoms with E-state index in [9.17, 15) is 9.59 Å². The fourth-order valence-electron chi connectivity index (χ4n) is 8.83. The first-order valence-corrected chi connectivity index (χ1v) is 15.8. The van der Waals surface area contributed by atoms with E-state index >= 15 is 0 Å². The summed E-state index contributed by atoms with van der Waals surface area (Å²) in [6.45, 7) is 7.05. The maximum atomic E-state index is 12.7. The first-order chi connectivity index (χ1) is 20.3. The summed E-state index contributed by atoms with van der Waals surface area (Å²) in [5.41, 5.74) is 5.79. The second-order valence-corrected chi connectivity index (χ2v) is 13.5. The molecule has 1 heterocycles. The lowest BCUT2D eigenvalue weighted by molar-refractivity contribution is -0.151. The van der Waals surface area contributed by atoms with Crippen LogP contribution in [0.3, 0.4) is 0 Å². The van der Waals surface area contributed by atoms with Crippen molar-refractivity contribution in [3.63, 3.8) is 0 Å². The van der Waals surface area contributed by atoms with E-state index in [4.69, 9.17) is 4.74 Å². The third kappa shape index (κ3) is 5.46. The van der Waals surface area contributed by atoms with Gasteiger partial charge in [0.1, 0.15) is 12.6 Å². The molecule has 6 nitrogen and oxygen atoms in total. The van der Waals surface area contributed by atoms with Gasteiger partial charge in [-0.25, -0.2) is 0 Å². The molecule has 0 spiro atoms. The average molecular weight is 568 g/mol. The van der Waals surface area contributed by atoms with Crippen LogP contribution in [-0.2, 0) is 14.3 Å². The van der Waals surface area contributed by atoms with Crippen LogP contribution in [0.25, 0.3) is 5.57 Å². The molecule has 0 radical (unpaired) electrons. The standard InChI is InChI=1S/C36H45N3O3/c1-24(25-8-5-4-6-9-25)38-22-33(40)39-23-34(41)42-28-15-17-35(2)27(20-28)11-12-29-31-14-13-30(26-10-7-19-37-21-26)36(31,3)18-16-32(29)35/h4-11,13,19,21,24,28-29,31-32,38H,12,14-18,20,22-23H2,1-3H3,(H,39,40). The molecule has 7 atom stereocenters. The molecule has 1 aromatic heterocycles. The predicted octanol–water partition coefficient (Wildman–Crippen LogP) is 6.42. The van der Waals surface area contributed by atoms with E-state index in [1.807, 2.05) is 49.6 Å². The van der Waals surface area contributed by atoms with Gasteiger partial charge in [0.05, 0.1) is 6.54 Å². The highest BCUT2D eigenvalue weighted by Gasteiger charge is 2.57. The van der Waals surface area contributed by atoms with Gasteiger partial charge < -0.3 is 15.4 Å². The Labute approximate surface area is 250 Å². The zero-order valence-electron chi connectivity index (χ0n) is 25.3. The summed E-state index contributed by atoms with van der Waals surface area (Å²) in [5, 5.41) is 5.93. The summed E-state index contributed by atoms with van der Waals surface area (Å²) in [7, 11) is 0. The molecule has 6 heteroatoms.